The maximum atomic E-state index is 12.7. The quantitative estimate of drug-likeness (QED) is 0.455. The van der Waals surface area contributed by atoms with Crippen LogP contribution in [0.25, 0.3) is 6.08 Å². The third kappa shape index (κ3) is 5.97. The molecular formula is C25H23F3N2O3. The number of halogens is 3. The van der Waals surface area contributed by atoms with E-state index in [0.29, 0.717) is 13.0 Å². The summed E-state index contributed by atoms with van der Waals surface area (Å²) >= 11 is 0. The number of hydrogen-bond acceptors (Lipinski definition) is 3. The molecule has 0 radical (unpaired) electrons. The maximum absolute atomic E-state index is 12.7. The van der Waals surface area contributed by atoms with Crippen molar-refractivity contribution >= 4 is 17.8 Å². The Hall–Kier alpha value is -3.68. The number of carbonyl (C=O) groups excluding carboxylic acids is 1. The van der Waals surface area contributed by atoms with Crippen molar-refractivity contribution < 1.29 is 27.9 Å². The third-order valence-corrected chi connectivity index (χ3v) is 5.21. The first-order chi connectivity index (χ1) is 15.5. The topological polar surface area (TPSA) is 72.2 Å². The first-order valence-electron chi connectivity index (χ1n) is 10.2. The highest BCUT2D eigenvalue weighted by Gasteiger charge is 2.30. The van der Waals surface area contributed by atoms with Gasteiger partial charge in [-0.1, -0.05) is 48.6 Å². The van der Waals surface area contributed by atoms with E-state index in [-0.39, 0.29) is 11.4 Å². The standard InChI is InChI=1S/C25H23F3N2O3/c1-24(2,23(32)33)16-18-7-5-17(6-8-18)4-3-14-30-15-13-29-22(30)21(31)19-9-11-20(12-10-19)25(26,27)28/h3-13,15H,14,16H2,1-2H3,(H,32,33)/b4-3+. The molecule has 8 heteroatoms. The summed E-state index contributed by atoms with van der Waals surface area (Å²) in [4.78, 5) is 28.0. The average molecular weight is 456 g/mol. The lowest BCUT2D eigenvalue weighted by Crippen LogP contribution is -2.26. The van der Waals surface area contributed by atoms with Crippen LogP contribution in [0.5, 0.6) is 0 Å². The normalized spacial score (nSPS) is 12.3. The second kappa shape index (κ2) is 9.44. The van der Waals surface area contributed by atoms with Crippen LogP contribution in [0.3, 0.4) is 0 Å². The monoisotopic (exact) mass is 456 g/mol. The van der Waals surface area contributed by atoms with E-state index >= 15 is 0 Å². The number of nitrogens with zero attached hydrogens (tertiary/aromatic N) is 2. The minimum Gasteiger partial charge on any atom is -0.481 e. The highest BCUT2D eigenvalue weighted by molar-refractivity contribution is 6.06. The first-order valence-corrected chi connectivity index (χ1v) is 10.2. The van der Waals surface area contributed by atoms with Gasteiger partial charge in [0.1, 0.15) is 0 Å². The van der Waals surface area contributed by atoms with Gasteiger partial charge in [0.2, 0.25) is 5.78 Å². The predicted molar refractivity (Wildman–Crippen MR) is 118 cm³/mol. The molecule has 5 nitrogen and oxygen atoms in total. The van der Waals surface area contributed by atoms with Crippen LogP contribution in [0.1, 0.15) is 46.7 Å². The molecule has 0 aliphatic rings. The van der Waals surface area contributed by atoms with E-state index in [2.05, 4.69) is 4.98 Å². The van der Waals surface area contributed by atoms with Crippen LogP contribution >= 0.6 is 0 Å². The number of carbonyl (C=O) groups is 2. The lowest BCUT2D eigenvalue weighted by Gasteiger charge is -2.18. The number of hydrogen-bond donors (Lipinski definition) is 1. The number of carboxylic acid groups (broad SMARTS) is 1. The number of allylic oxidation sites excluding steroid dienone is 1. The van der Waals surface area contributed by atoms with Crippen LogP contribution in [0, 0.1) is 5.41 Å². The third-order valence-electron chi connectivity index (χ3n) is 5.21. The first kappa shape index (κ1) is 24.0. The van der Waals surface area contributed by atoms with Crippen molar-refractivity contribution in [2.24, 2.45) is 5.41 Å². The van der Waals surface area contributed by atoms with Gasteiger partial charge in [0.15, 0.2) is 5.82 Å². The summed E-state index contributed by atoms with van der Waals surface area (Å²) in [6, 6.07) is 11.6. The number of imidazole rings is 1. The Morgan fingerprint density at radius 1 is 1.03 bits per heavy atom. The van der Waals surface area contributed by atoms with Crippen LogP contribution in [0.4, 0.5) is 13.2 Å². The molecule has 0 amide bonds. The van der Waals surface area contributed by atoms with E-state index < -0.39 is 28.9 Å². The van der Waals surface area contributed by atoms with Gasteiger partial charge in [-0.2, -0.15) is 13.2 Å². The Labute approximate surface area is 189 Å². The van der Waals surface area contributed by atoms with E-state index in [1.165, 1.54) is 6.20 Å². The lowest BCUT2D eigenvalue weighted by atomic mass is 9.86. The van der Waals surface area contributed by atoms with Crippen molar-refractivity contribution in [3.8, 4) is 0 Å². The molecule has 1 aromatic heterocycles. The number of aromatic nitrogens is 2. The fourth-order valence-corrected chi connectivity index (χ4v) is 3.24. The Morgan fingerprint density at radius 2 is 1.67 bits per heavy atom. The van der Waals surface area contributed by atoms with Gasteiger partial charge in [-0.3, -0.25) is 9.59 Å². The Morgan fingerprint density at radius 3 is 2.24 bits per heavy atom. The zero-order valence-corrected chi connectivity index (χ0v) is 18.1. The summed E-state index contributed by atoms with van der Waals surface area (Å²) < 4.78 is 39.8. The van der Waals surface area contributed by atoms with E-state index in [4.69, 9.17) is 0 Å². The highest BCUT2D eigenvalue weighted by atomic mass is 19.4. The number of alkyl halides is 3. The fraction of sp³-hybridized carbons (Fsp3) is 0.240. The molecule has 172 valence electrons. The van der Waals surface area contributed by atoms with Crippen LogP contribution in [0.2, 0.25) is 0 Å². The van der Waals surface area contributed by atoms with Crippen molar-refractivity contribution in [3.05, 3.63) is 95.1 Å². The summed E-state index contributed by atoms with van der Waals surface area (Å²) in [5.74, 6) is -1.19. The summed E-state index contributed by atoms with van der Waals surface area (Å²) in [6.07, 6.45) is 2.73. The molecule has 1 N–H and O–H groups in total. The molecule has 0 bridgehead atoms. The molecular weight excluding hydrogens is 433 g/mol. The van der Waals surface area contributed by atoms with Gasteiger partial charge >= 0.3 is 12.1 Å². The molecule has 0 fully saturated rings. The van der Waals surface area contributed by atoms with Gasteiger partial charge in [0.05, 0.1) is 11.0 Å². The molecule has 3 aromatic rings. The summed E-state index contributed by atoms with van der Waals surface area (Å²) in [5.41, 5.74) is 0.276. The molecule has 33 heavy (non-hydrogen) atoms. The van der Waals surface area contributed by atoms with Crippen molar-refractivity contribution in [1.29, 1.82) is 0 Å². The minimum absolute atomic E-state index is 0.124. The number of carboxylic acids is 1. The maximum Gasteiger partial charge on any atom is 0.416 e. The second-order valence-corrected chi connectivity index (χ2v) is 8.32. The lowest BCUT2D eigenvalue weighted by molar-refractivity contribution is -0.146. The zero-order chi connectivity index (χ0) is 24.2. The Balaban J connectivity index is 1.66. The molecule has 0 aliphatic carbocycles. The predicted octanol–water partition coefficient (Wildman–Crippen LogP) is 5.50. The van der Waals surface area contributed by atoms with Crippen LogP contribution in [-0.2, 0) is 23.9 Å². The van der Waals surface area contributed by atoms with Crippen molar-refractivity contribution in [2.75, 3.05) is 0 Å². The molecule has 0 saturated heterocycles. The van der Waals surface area contributed by atoms with Gasteiger partial charge in [0, 0.05) is 24.5 Å². The summed E-state index contributed by atoms with van der Waals surface area (Å²) in [6.45, 7) is 3.70. The molecule has 0 spiro atoms. The van der Waals surface area contributed by atoms with Crippen LogP contribution in [-0.4, -0.2) is 26.4 Å². The molecule has 1 heterocycles. The Kier molecular flexibility index (Phi) is 6.86. The number of aliphatic carboxylic acids is 1. The van der Waals surface area contributed by atoms with Gasteiger partial charge < -0.3 is 9.67 Å². The van der Waals surface area contributed by atoms with Crippen molar-refractivity contribution in [2.45, 2.75) is 33.0 Å². The van der Waals surface area contributed by atoms with Crippen LogP contribution < -0.4 is 0 Å². The molecule has 2 aromatic carbocycles. The number of rotatable bonds is 8. The molecule has 0 aliphatic heterocycles. The molecule has 0 saturated carbocycles. The van der Waals surface area contributed by atoms with Gasteiger partial charge in [-0.15, -0.1) is 0 Å². The molecule has 0 unspecified atom stereocenters. The number of benzene rings is 2. The van der Waals surface area contributed by atoms with Crippen LogP contribution in [0.15, 0.2) is 67.0 Å². The van der Waals surface area contributed by atoms with E-state index in [1.54, 1.807) is 24.6 Å². The SMILES string of the molecule is CC(C)(Cc1ccc(/C=C/Cn2ccnc2C(=O)c2ccc(C(F)(F)F)cc2)cc1)C(=O)O. The molecule has 3 rings (SSSR count). The summed E-state index contributed by atoms with van der Waals surface area (Å²) in [7, 11) is 0. The van der Waals surface area contributed by atoms with Gasteiger partial charge in [-0.25, -0.2) is 4.98 Å². The smallest absolute Gasteiger partial charge is 0.416 e. The zero-order valence-electron chi connectivity index (χ0n) is 18.1. The van der Waals surface area contributed by atoms with E-state index in [0.717, 1.165) is 35.4 Å². The number of ketones is 1. The van der Waals surface area contributed by atoms with Gasteiger partial charge in [0.25, 0.3) is 0 Å². The van der Waals surface area contributed by atoms with Crippen molar-refractivity contribution in [1.82, 2.24) is 9.55 Å². The molecule has 0 atom stereocenters. The highest BCUT2D eigenvalue weighted by Crippen LogP contribution is 2.29. The summed E-state index contributed by atoms with van der Waals surface area (Å²) in [5, 5.41) is 9.25. The second-order valence-electron chi connectivity index (χ2n) is 8.32. The Bertz CT molecular complexity index is 1160. The average Bonchev–Trinajstić information content (AvgIpc) is 3.22. The minimum atomic E-state index is -4.46. The van der Waals surface area contributed by atoms with E-state index in [9.17, 15) is 27.9 Å². The fourth-order valence-electron chi connectivity index (χ4n) is 3.24. The largest absolute Gasteiger partial charge is 0.481 e. The van der Waals surface area contributed by atoms with Gasteiger partial charge in [-0.05, 0) is 43.5 Å². The van der Waals surface area contributed by atoms with Crippen molar-refractivity contribution in [3.63, 3.8) is 0 Å². The van der Waals surface area contributed by atoms with E-state index in [1.807, 2.05) is 36.4 Å².